The SMILES string of the molecule is CCOC(=O)CCN(C)C(=O)CCOc1ccc(N)cc1. The van der Waals surface area contributed by atoms with Crippen LogP contribution in [-0.2, 0) is 14.3 Å². The molecule has 2 N–H and O–H groups in total. The Hall–Kier alpha value is -2.24. The smallest absolute Gasteiger partial charge is 0.307 e. The van der Waals surface area contributed by atoms with Gasteiger partial charge in [-0.2, -0.15) is 0 Å². The zero-order valence-electron chi connectivity index (χ0n) is 12.5. The average Bonchev–Trinajstić information content (AvgIpc) is 2.47. The molecule has 21 heavy (non-hydrogen) atoms. The maximum atomic E-state index is 11.8. The Morgan fingerprint density at radius 1 is 1.19 bits per heavy atom. The van der Waals surface area contributed by atoms with E-state index in [-0.39, 0.29) is 31.3 Å². The number of hydrogen-bond acceptors (Lipinski definition) is 5. The second kappa shape index (κ2) is 8.84. The summed E-state index contributed by atoms with van der Waals surface area (Å²) < 4.78 is 10.3. The minimum Gasteiger partial charge on any atom is -0.493 e. The summed E-state index contributed by atoms with van der Waals surface area (Å²) in [7, 11) is 1.66. The minimum absolute atomic E-state index is 0.0743. The van der Waals surface area contributed by atoms with Crippen molar-refractivity contribution in [3.8, 4) is 5.75 Å². The lowest BCUT2D eigenvalue weighted by molar-refractivity contribution is -0.143. The summed E-state index contributed by atoms with van der Waals surface area (Å²) in [4.78, 5) is 24.5. The van der Waals surface area contributed by atoms with Crippen molar-refractivity contribution in [3.63, 3.8) is 0 Å². The van der Waals surface area contributed by atoms with Crippen LogP contribution in [0.15, 0.2) is 24.3 Å². The molecule has 0 aliphatic rings. The van der Waals surface area contributed by atoms with Crippen molar-refractivity contribution in [1.29, 1.82) is 0 Å². The van der Waals surface area contributed by atoms with Crippen molar-refractivity contribution >= 4 is 17.6 Å². The van der Waals surface area contributed by atoms with Crippen LogP contribution in [0.2, 0.25) is 0 Å². The van der Waals surface area contributed by atoms with Gasteiger partial charge >= 0.3 is 5.97 Å². The first-order valence-corrected chi connectivity index (χ1v) is 6.91. The maximum absolute atomic E-state index is 11.8. The predicted octanol–water partition coefficient (Wildman–Crippen LogP) is 1.45. The summed E-state index contributed by atoms with van der Waals surface area (Å²) >= 11 is 0. The zero-order valence-corrected chi connectivity index (χ0v) is 12.5. The van der Waals surface area contributed by atoms with Crippen LogP contribution in [-0.4, -0.2) is 43.6 Å². The Kier molecular flexibility index (Phi) is 7.08. The number of nitrogen functional groups attached to an aromatic ring is 1. The summed E-state index contributed by atoms with van der Waals surface area (Å²) in [6, 6.07) is 6.99. The third kappa shape index (κ3) is 6.65. The van der Waals surface area contributed by atoms with E-state index in [1.54, 1.807) is 38.2 Å². The molecule has 0 bridgehead atoms. The molecule has 0 radical (unpaired) electrons. The highest BCUT2D eigenvalue weighted by molar-refractivity contribution is 5.77. The second-order valence-electron chi connectivity index (χ2n) is 4.54. The number of nitrogens with two attached hydrogens (primary N) is 1. The van der Waals surface area contributed by atoms with Crippen molar-refractivity contribution in [1.82, 2.24) is 4.90 Å². The van der Waals surface area contributed by atoms with Gasteiger partial charge in [0.2, 0.25) is 5.91 Å². The lowest BCUT2D eigenvalue weighted by Gasteiger charge is -2.16. The van der Waals surface area contributed by atoms with Crippen LogP contribution >= 0.6 is 0 Å². The first kappa shape index (κ1) is 16.8. The molecular formula is C15H22N2O4. The van der Waals surface area contributed by atoms with E-state index in [0.29, 0.717) is 24.6 Å². The molecule has 0 fully saturated rings. The Bertz CT molecular complexity index is 459. The molecule has 1 aromatic carbocycles. The fourth-order valence-corrected chi connectivity index (χ4v) is 1.63. The Labute approximate surface area is 124 Å². The summed E-state index contributed by atoms with van der Waals surface area (Å²) in [6.45, 7) is 2.74. The van der Waals surface area contributed by atoms with Crippen LogP contribution in [0, 0.1) is 0 Å². The topological polar surface area (TPSA) is 81.9 Å². The van der Waals surface area contributed by atoms with Gasteiger partial charge in [-0.3, -0.25) is 9.59 Å². The molecule has 0 aromatic heterocycles. The second-order valence-corrected chi connectivity index (χ2v) is 4.54. The molecule has 0 spiro atoms. The van der Waals surface area contributed by atoms with Crippen molar-refractivity contribution in [2.75, 3.05) is 32.5 Å². The molecule has 0 atom stereocenters. The number of anilines is 1. The molecule has 6 heteroatoms. The number of benzene rings is 1. The summed E-state index contributed by atoms with van der Waals surface area (Å²) in [5.41, 5.74) is 6.23. The maximum Gasteiger partial charge on any atom is 0.307 e. The van der Waals surface area contributed by atoms with Gasteiger partial charge in [-0.05, 0) is 31.2 Å². The van der Waals surface area contributed by atoms with E-state index < -0.39 is 0 Å². The molecule has 1 amide bonds. The van der Waals surface area contributed by atoms with Gasteiger partial charge < -0.3 is 20.1 Å². The molecule has 0 saturated carbocycles. The number of nitrogens with zero attached hydrogens (tertiary/aromatic N) is 1. The molecule has 0 heterocycles. The molecule has 0 aliphatic heterocycles. The predicted molar refractivity (Wildman–Crippen MR) is 79.9 cm³/mol. The molecule has 1 rings (SSSR count). The van der Waals surface area contributed by atoms with E-state index in [4.69, 9.17) is 15.2 Å². The lowest BCUT2D eigenvalue weighted by atomic mass is 10.3. The number of esters is 1. The van der Waals surface area contributed by atoms with Gasteiger partial charge in [0.15, 0.2) is 0 Å². The van der Waals surface area contributed by atoms with Crippen molar-refractivity contribution in [2.24, 2.45) is 0 Å². The van der Waals surface area contributed by atoms with Crippen molar-refractivity contribution in [3.05, 3.63) is 24.3 Å². The van der Waals surface area contributed by atoms with Gasteiger partial charge in [0, 0.05) is 19.3 Å². The zero-order chi connectivity index (χ0) is 15.7. The van der Waals surface area contributed by atoms with Crippen LogP contribution in [0.3, 0.4) is 0 Å². The summed E-state index contributed by atoms with van der Waals surface area (Å²) in [5.74, 6) is 0.302. The van der Waals surface area contributed by atoms with E-state index in [2.05, 4.69) is 0 Å². The quantitative estimate of drug-likeness (QED) is 0.579. The van der Waals surface area contributed by atoms with Crippen molar-refractivity contribution in [2.45, 2.75) is 19.8 Å². The van der Waals surface area contributed by atoms with Crippen LogP contribution in [0.1, 0.15) is 19.8 Å². The number of hydrogen-bond donors (Lipinski definition) is 1. The monoisotopic (exact) mass is 294 g/mol. The minimum atomic E-state index is -0.296. The molecule has 116 valence electrons. The van der Waals surface area contributed by atoms with E-state index in [1.807, 2.05) is 0 Å². The first-order valence-electron chi connectivity index (χ1n) is 6.91. The Balaban J connectivity index is 2.23. The number of rotatable bonds is 8. The largest absolute Gasteiger partial charge is 0.493 e. The fourth-order valence-electron chi connectivity index (χ4n) is 1.63. The third-order valence-corrected chi connectivity index (χ3v) is 2.85. The van der Waals surface area contributed by atoms with Crippen molar-refractivity contribution < 1.29 is 19.1 Å². The highest BCUT2D eigenvalue weighted by Gasteiger charge is 2.11. The normalized spacial score (nSPS) is 10.0. The highest BCUT2D eigenvalue weighted by atomic mass is 16.5. The van der Waals surface area contributed by atoms with Gasteiger partial charge in [-0.25, -0.2) is 0 Å². The summed E-state index contributed by atoms with van der Waals surface area (Å²) in [6.07, 6.45) is 0.457. The van der Waals surface area contributed by atoms with E-state index in [9.17, 15) is 9.59 Å². The first-order chi connectivity index (χ1) is 10.0. The van der Waals surface area contributed by atoms with Gasteiger partial charge in [0.1, 0.15) is 5.75 Å². The molecule has 1 aromatic rings. The molecule has 0 unspecified atom stereocenters. The van der Waals surface area contributed by atoms with Gasteiger partial charge in [0.05, 0.1) is 26.1 Å². The Morgan fingerprint density at radius 3 is 2.48 bits per heavy atom. The third-order valence-electron chi connectivity index (χ3n) is 2.85. The number of carbonyl (C=O) groups excluding carboxylic acids is 2. The van der Waals surface area contributed by atoms with E-state index >= 15 is 0 Å². The number of amides is 1. The van der Waals surface area contributed by atoms with E-state index in [0.717, 1.165) is 0 Å². The average molecular weight is 294 g/mol. The number of ether oxygens (including phenoxy) is 2. The molecular weight excluding hydrogens is 272 g/mol. The van der Waals surface area contributed by atoms with Crippen LogP contribution < -0.4 is 10.5 Å². The van der Waals surface area contributed by atoms with E-state index in [1.165, 1.54) is 4.90 Å². The lowest BCUT2D eigenvalue weighted by Crippen LogP contribution is -2.30. The standard InChI is InChI=1S/C15H22N2O4/c1-3-20-15(19)8-10-17(2)14(18)9-11-21-13-6-4-12(16)5-7-13/h4-7H,3,8-11,16H2,1-2H3. The number of carbonyl (C=O) groups is 2. The van der Waals surface area contributed by atoms with Gasteiger partial charge in [-0.15, -0.1) is 0 Å². The molecule has 6 nitrogen and oxygen atoms in total. The van der Waals surface area contributed by atoms with Gasteiger partial charge in [-0.1, -0.05) is 0 Å². The molecule has 0 saturated heterocycles. The highest BCUT2D eigenvalue weighted by Crippen LogP contribution is 2.13. The fraction of sp³-hybridized carbons (Fsp3) is 0.467. The van der Waals surface area contributed by atoms with Crippen LogP contribution in [0.5, 0.6) is 5.75 Å². The van der Waals surface area contributed by atoms with Gasteiger partial charge in [0.25, 0.3) is 0 Å². The summed E-state index contributed by atoms with van der Waals surface area (Å²) in [5, 5.41) is 0. The molecule has 0 aliphatic carbocycles. The van der Waals surface area contributed by atoms with Crippen LogP contribution in [0.4, 0.5) is 5.69 Å². The Morgan fingerprint density at radius 2 is 1.86 bits per heavy atom. The van der Waals surface area contributed by atoms with Crippen LogP contribution in [0.25, 0.3) is 0 Å².